The van der Waals surface area contributed by atoms with Crippen molar-refractivity contribution in [3.8, 4) is 0 Å². The first-order chi connectivity index (χ1) is 17.1. The van der Waals surface area contributed by atoms with Crippen LogP contribution in [0.3, 0.4) is 0 Å². The smallest absolute Gasteiger partial charge is 0.361 e. The lowest BCUT2D eigenvalue weighted by Crippen LogP contribution is -2.65. The van der Waals surface area contributed by atoms with Gasteiger partial charge in [0.15, 0.2) is 12.2 Å². The Morgan fingerprint density at radius 3 is 1.89 bits per heavy atom. The van der Waals surface area contributed by atoms with E-state index in [1.807, 2.05) is 0 Å². The molecule has 1 aliphatic rings. The molecule has 1 N–H and O–H groups in total. The zero-order valence-corrected chi connectivity index (χ0v) is 22.3. The molecule has 1 fully saturated rings. The first kappa shape index (κ1) is 31.7. The number of rotatable bonds is 10. The minimum Gasteiger partial charge on any atom is -0.465 e. The Morgan fingerprint density at radius 1 is 0.865 bits per heavy atom. The molecule has 0 aromatic rings. The topological polar surface area (TPSA) is 187 Å². The lowest BCUT2D eigenvalue weighted by molar-refractivity contribution is -0.180. The predicted molar refractivity (Wildman–Crippen MR) is 123 cm³/mol. The second-order valence-electron chi connectivity index (χ2n) is 8.02. The standard InChI is InChI=1S/C22H31NO13S/c1-10(24)23-18-16(33-12(3)26)8-22(21(30)31-7,36-15(6)29)37-20(18)19(35-14(5)28)17(34-13(4)27)9-32-11(2)25/h16-20H,8-9H2,1-7H3,(H,23,24)/t16-,17+,18+,19+,20+,22-/m0/s1. The van der Waals surface area contributed by atoms with E-state index >= 15 is 0 Å². The van der Waals surface area contributed by atoms with Crippen LogP contribution < -0.4 is 5.32 Å². The Hall–Kier alpha value is -3.36. The number of nitrogens with one attached hydrogen (secondary N) is 1. The predicted octanol–water partition coefficient (Wildman–Crippen LogP) is -0.213. The highest BCUT2D eigenvalue weighted by atomic mass is 32.2. The zero-order valence-electron chi connectivity index (χ0n) is 21.5. The van der Waals surface area contributed by atoms with Gasteiger partial charge in [0.25, 0.3) is 4.93 Å². The summed E-state index contributed by atoms with van der Waals surface area (Å²) in [5.41, 5.74) is 0. The van der Waals surface area contributed by atoms with Gasteiger partial charge in [-0.25, -0.2) is 4.79 Å². The Balaban J connectivity index is 3.83. The molecule has 208 valence electrons. The summed E-state index contributed by atoms with van der Waals surface area (Å²) in [6, 6.07) is -1.17. The molecule has 0 unspecified atom stereocenters. The molecule has 0 radical (unpaired) electrons. The van der Waals surface area contributed by atoms with E-state index in [1.165, 1.54) is 6.92 Å². The van der Waals surface area contributed by atoms with Gasteiger partial charge >= 0.3 is 35.8 Å². The van der Waals surface area contributed by atoms with Crippen LogP contribution in [-0.2, 0) is 62.0 Å². The quantitative estimate of drug-likeness (QED) is 0.278. The molecule has 15 heteroatoms. The fourth-order valence-electron chi connectivity index (χ4n) is 3.74. The molecular formula is C22H31NO13S. The third-order valence-electron chi connectivity index (χ3n) is 4.80. The van der Waals surface area contributed by atoms with Crippen LogP contribution >= 0.6 is 11.8 Å². The number of hydrogen-bond acceptors (Lipinski definition) is 14. The molecule has 0 spiro atoms. The highest BCUT2D eigenvalue weighted by molar-refractivity contribution is 8.02. The highest BCUT2D eigenvalue weighted by Gasteiger charge is 2.59. The van der Waals surface area contributed by atoms with Crippen molar-refractivity contribution in [2.24, 2.45) is 0 Å². The van der Waals surface area contributed by atoms with Crippen LogP contribution in [0.1, 0.15) is 48.0 Å². The van der Waals surface area contributed by atoms with E-state index in [-0.39, 0.29) is 0 Å². The SMILES string of the molecule is COC(=O)[C@]1(OC(C)=O)C[C@H](OC(C)=O)[C@@H](NC(C)=O)[C@H]([C@H](OC(C)=O)[C@@H](COC(C)=O)OC(C)=O)S1. The number of ether oxygens (including phenoxy) is 6. The van der Waals surface area contributed by atoms with Gasteiger partial charge in [-0.1, -0.05) is 11.8 Å². The number of carbonyl (C=O) groups excluding carboxylic acids is 7. The number of thioether (sulfide) groups is 1. The largest absolute Gasteiger partial charge is 0.465 e. The first-order valence-corrected chi connectivity index (χ1v) is 11.9. The lowest BCUT2D eigenvalue weighted by Gasteiger charge is -2.47. The van der Waals surface area contributed by atoms with Crippen molar-refractivity contribution in [3.63, 3.8) is 0 Å². The van der Waals surface area contributed by atoms with Gasteiger partial charge in [-0.15, -0.1) is 0 Å². The number of carbonyl (C=O) groups is 7. The maximum absolute atomic E-state index is 12.9. The molecule has 37 heavy (non-hydrogen) atoms. The van der Waals surface area contributed by atoms with Crippen LogP contribution in [0.5, 0.6) is 0 Å². The van der Waals surface area contributed by atoms with Gasteiger partial charge < -0.3 is 33.7 Å². The first-order valence-electron chi connectivity index (χ1n) is 11.0. The fourth-order valence-corrected chi connectivity index (χ4v) is 5.54. The molecule has 1 amide bonds. The maximum atomic E-state index is 12.9. The van der Waals surface area contributed by atoms with Crippen molar-refractivity contribution < 1.29 is 62.0 Å². The molecule has 0 aliphatic carbocycles. The normalized spacial score (nSPS) is 24.4. The second-order valence-corrected chi connectivity index (χ2v) is 9.46. The molecule has 0 saturated carbocycles. The summed E-state index contributed by atoms with van der Waals surface area (Å²) in [4.78, 5) is 82.4. The van der Waals surface area contributed by atoms with Gasteiger partial charge in [-0.3, -0.25) is 28.8 Å². The number of methoxy groups -OCH3 is 1. The molecule has 0 aromatic heterocycles. The van der Waals surface area contributed by atoms with Gasteiger partial charge in [0.2, 0.25) is 5.91 Å². The highest BCUT2D eigenvalue weighted by Crippen LogP contribution is 2.47. The second kappa shape index (κ2) is 13.8. The van der Waals surface area contributed by atoms with Crippen molar-refractivity contribution in [2.75, 3.05) is 13.7 Å². The number of hydrogen-bond donors (Lipinski definition) is 1. The lowest BCUT2D eigenvalue weighted by atomic mass is 9.93. The van der Waals surface area contributed by atoms with E-state index < -0.39 is 89.3 Å². The minimum atomic E-state index is -2.12. The Morgan fingerprint density at radius 2 is 1.46 bits per heavy atom. The van der Waals surface area contributed by atoms with Crippen molar-refractivity contribution in [1.82, 2.24) is 5.32 Å². The van der Waals surface area contributed by atoms with E-state index in [0.29, 0.717) is 11.8 Å². The van der Waals surface area contributed by atoms with Crippen LogP contribution in [0.25, 0.3) is 0 Å². The molecule has 14 nitrogen and oxygen atoms in total. The van der Waals surface area contributed by atoms with Crippen LogP contribution in [0.2, 0.25) is 0 Å². The van der Waals surface area contributed by atoms with E-state index in [0.717, 1.165) is 41.7 Å². The molecule has 0 aromatic carbocycles. The summed E-state index contributed by atoms with van der Waals surface area (Å²) >= 11 is 0.628. The van der Waals surface area contributed by atoms with Gasteiger partial charge in [-0.05, 0) is 0 Å². The summed E-state index contributed by atoms with van der Waals surface area (Å²) in [5, 5.41) is 1.32. The average molecular weight is 550 g/mol. The van der Waals surface area contributed by atoms with Gasteiger partial charge in [0, 0.05) is 48.0 Å². The van der Waals surface area contributed by atoms with E-state index in [9.17, 15) is 33.6 Å². The molecule has 1 rings (SSSR count). The van der Waals surface area contributed by atoms with Crippen LogP contribution in [0.4, 0.5) is 0 Å². The Labute approximate surface area is 217 Å². The summed E-state index contributed by atoms with van der Waals surface area (Å²) in [7, 11) is 1.04. The van der Waals surface area contributed by atoms with Crippen LogP contribution in [-0.4, -0.2) is 90.0 Å². The van der Waals surface area contributed by atoms with Gasteiger partial charge in [0.1, 0.15) is 12.7 Å². The van der Waals surface area contributed by atoms with E-state index in [2.05, 4.69) is 5.32 Å². The van der Waals surface area contributed by atoms with Crippen LogP contribution in [0, 0.1) is 0 Å². The van der Waals surface area contributed by atoms with Crippen LogP contribution in [0.15, 0.2) is 0 Å². The molecule has 0 bridgehead atoms. The maximum Gasteiger partial charge on any atom is 0.361 e. The monoisotopic (exact) mass is 549 g/mol. The summed E-state index contributed by atoms with van der Waals surface area (Å²) in [5.74, 6) is -5.75. The Kier molecular flexibility index (Phi) is 11.8. The Bertz CT molecular complexity index is 922. The number of esters is 6. The van der Waals surface area contributed by atoms with Gasteiger partial charge in [-0.2, -0.15) is 0 Å². The minimum absolute atomic E-state index is 0.445. The molecule has 6 atom stereocenters. The molecule has 1 aliphatic heterocycles. The molecular weight excluding hydrogens is 518 g/mol. The summed E-state index contributed by atoms with van der Waals surface area (Å²) in [6.07, 6.45) is -4.71. The third kappa shape index (κ3) is 9.55. The summed E-state index contributed by atoms with van der Waals surface area (Å²) in [6.45, 7) is 5.92. The van der Waals surface area contributed by atoms with E-state index in [4.69, 9.17) is 28.4 Å². The molecule has 1 heterocycles. The number of amides is 1. The van der Waals surface area contributed by atoms with E-state index in [1.54, 1.807) is 0 Å². The van der Waals surface area contributed by atoms with Crippen molar-refractivity contribution in [2.45, 2.75) is 82.5 Å². The van der Waals surface area contributed by atoms with Crippen molar-refractivity contribution in [3.05, 3.63) is 0 Å². The molecule has 1 saturated heterocycles. The van der Waals surface area contributed by atoms with Crippen molar-refractivity contribution >= 4 is 53.5 Å². The zero-order chi connectivity index (χ0) is 28.5. The third-order valence-corrected chi connectivity index (χ3v) is 6.43. The summed E-state index contributed by atoms with van der Waals surface area (Å²) < 4.78 is 31.3. The fraction of sp³-hybridized carbons (Fsp3) is 0.682. The average Bonchev–Trinajstić information content (AvgIpc) is 2.74. The van der Waals surface area contributed by atoms with Gasteiger partial charge in [0.05, 0.1) is 18.4 Å². The van der Waals surface area contributed by atoms with Crippen molar-refractivity contribution in [1.29, 1.82) is 0 Å².